The fourth-order valence-corrected chi connectivity index (χ4v) is 10.4. The van der Waals surface area contributed by atoms with Crippen molar-refractivity contribution in [2.75, 3.05) is 43.4 Å². The molecule has 0 bridgehead atoms. The minimum absolute atomic E-state index is 0.00115. The van der Waals surface area contributed by atoms with Crippen LogP contribution in [0.3, 0.4) is 0 Å². The molecule has 0 saturated heterocycles. The molecular weight excluding hydrogens is 899 g/mol. The molecule has 63 heavy (non-hydrogen) atoms. The van der Waals surface area contributed by atoms with Gasteiger partial charge >= 0.3 is 0 Å². The van der Waals surface area contributed by atoms with Crippen LogP contribution in [0.5, 0.6) is 0 Å². The predicted molar refractivity (Wildman–Crippen MR) is 235 cm³/mol. The summed E-state index contributed by atoms with van der Waals surface area (Å²) in [4.78, 5) is 11.9. The molecule has 0 saturated carbocycles. The topological polar surface area (TPSA) is 293 Å². The lowest BCUT2D eigenvalue weighted by molar-refractivity contribution is 0.477. The van der Waals surface area contributed by atoms with E-state index in [0.717, 1.165) is 61.5 Å². The van der Waals surface area contributed by atoms with E-state index < -0.39 is 66.4 Å². The van der Waals surface area contributed by atoms with Gasteiger partial charge in [-0.15, -0.1) is 0 Å². The summed E-state index contributed by atoms with van der Waals surface area (Å²) in [5.74, 6) is 0.0692. The summed E-state index contributed by atoms with van der Waals surface area (Å²) in [5.41, 5.74) is 7.88. The summed E-state index contributed by atoms with van der Waals surface area (Å²) >= 11 is 0. The molecule has 0 fully saturated rings. The smallest absolute Gasteiger partial charge is 0.295 e. The van der Waals surface area contributed by atoms with E-state index in [2.05, 4.69) is 29.1 Å². The number of nitrogens with one attached hydrogen (secondary N) is 1. The molecule has 0 amide bonds. The number of hydrogen-bond acceptors (Lipinski definition) is 14. The van der Waals surface area contributed by atoms with Crippen LogP contribution < -0.4 is 25.3 Å². The zero-order valence-electron chi connectivity index (χ0n) is 34.5. The normalized spacial score (nSPS) is 12.6. The third-order valence-corrected chi connectivity index (χ3v) is 14.5. The summed E-state index contributed by atoms with van der Waals surface area (Å²) in [6, 6.07) is 17.0. The Morgan fingerprint density at radius 2 is 1.35 bits per heavy atom. The lowest BCUT2D eigenvalue weighted by Gasteiger charge is -2.22. The standard InChI is InChI=1S/C40H45N7O12S4/c1-5-46(6-2)26-11-15-30-33(22-26)59-34-23-27(47(7-3)8-4)12-16-31(34)39(30)32-17-13-28(24-36(32)63(56,57)58)60(48,49)42-19-9-10-37-43-38(45-40(41)44-37)21-25-20-29(61(50,51)52)14-18-35(25)62(53,54)55/h11-18,20,22-24,42H,5-10,19,21H2,1-4H3,(H4-,41,43,44,45,50,51,52,53,54,55,56,57,58)/p+1. The van der Waals surface area contributed by atoms with E-state index >= 15 is 0 Å². The Kier molecular flexibility index (Phi) is 13.7. The van der Waals surface area contributed by atoms with Gasteiger partial charge in [-0.1, -0.05) is 6.07 Å². The van der Waals surface area contributed by atoms with Crippen LogP contribution in [0.2, 0.25) is 0 Å². The quantitative estimate of drug-likeness (QED) is 0.0375. The summed E-state index contributed by atoms with van der Waals surface area (Å²) in [6.45, 7) is 10.8. The van der Waals surface area contributed by atoms with Crippen molar-refractivity contribution in [1.29, 1.82) is 0 Å². The maximum atomic E-state index is 13.6. The van der Waals surface area contributed by atoms with Gasteiger partial charge in [0.2, 0.25) is 21.3 Å². The molecule has 0 atom stereocenters. The van der Waals surface area contributed by atoms with Crippen LogP contribution in [-0.4, -0.2) is 95.0 Å². The Hall–Kier alpha value is -5.40. The van der Waals surface area contributed by atoms with Crippen molar-refractivity contribution in [3.63, 3.8) is 0 Å². The third-order valence-electron chi connectivity index (χ3n) is 10.3. The Labute approximate surface area is 365 Å². The number of nitrogen functional groups attached to an aromatic ring is 1. The second-order valence-corrected chi connectivity index (χ2v) is 20.2. The molecule has 3 aromatic carbocycles. The van der Waals surface area contributed by atoms with E-state index in [-0.39, 0.29) is 48.1 Å². The molecular formula is C40H46N7O12S4+. The highest BCUT2D eigenvalue weighted by molar-refractivity contribution is 7.89. The molecule has 1 aliphatic carbocycles. The summed E-state index contributed by atoms with van der Waals surface area (Å²) in [7, 11) is -19.0. The first-order valence-electron chi connectivity index (χ1n) is 19.6. The van der Waals surface area contributed by atoms with Gasteiger partial charge in [0.25, 0.3) is 30.4 Å². The van der Waals surface area contributed by atoms with E-state index in [4.69, 9.17) is 10.2 Å². The van der Waals surface area contributed by atoms with Crippen molar-refractivity contribution < 1.29 is 51.7 Å². The minimum Gasteiger partial charge on any atom is -0.456 e. The second-order valence-electron chi connectivity index (χ2n) is 14.2. The van der Waals surface area contributed by atoms with Gasteiger partial charge in [0.1, 0.15) is 41.0 Å². The van der Waals surface area contributed by atoms with Crippen molar-refractivity contribution in [2.24, 2.45) is 0 Å². The molecule has 0 unspecified atom stereocenters. The first kappa shape index (κ1) is 47.1. The number of anilines is 2. The van der Waals surface area contributed by atoms with Crippen LogP contribution in [0.4, 0.5) is 11.6 Å². The first-order valence-corrected chi connectivity index (χ1v) is 25.4. The molecule has 336 valence electrons. The van der Waals surface area contributed by atoms with Crippen LogP contribution in [0.25, 0.3) is 33.4 Å². The minimum atomic E-state index is -5.04. The van der Waals surface area contributed by atoms with Gasteiger partial charge in [-0.25, -0.2) is 22.7 Å². The Morgan fingerprint density at radius 3 is 1.98 bits per heavy atom. The van der Waals surface area contributed by atoms with E-state index in [0.29, 0.717) is 27.9 Å². The Balaban J connectivity index is 1.31. The highest BCUT2D eigenvalue weighted by atomic mass is 32.2. The van der Waals surface area contributed by atoms with Crippen LogP contribution in [0.15, 0.2) is 96.8 Å². The number of aromatic nitrogens is 3. The van der Waals surface area contributed by atoms with Gasteiger partial charge in [0, 0.05) is 72.4 Å². The summed E-state index contributed by atoms with van der Waals surface area (Å²) < 4.78 is 142. The molecule has 6 rings (SSSR count). The average Bonchev–Trinajstić information content (AvgIpc) is 3.21. The van der Waals surface area contributed by atoms with Gasteiger partial charge in [0.15, 0.2) is 0 Å². The van der Waals surface area contributed by atoms with Crippen molar-refractivity contribution in [2.45, 2.75) is 66.5 Å². The number of benzene rings is 4. The molecule has 2 heterocycles. The zero-order chi connectivity index (χ0) is 46.1. The van der Waals surface area contributed by atoms with Crippen molar-refractivity contribution in [3.05, 3.63) is 95.4 Å². The van der Waals surface area contributed by atoms with E-state index in [1.807, 2.05) is 52.0 Å². The maximum Gasteiger partial charge on any atom is 0.295 e. The Morgan fingerprint density at radius 1 is 0.698 bits per heavy atom. The molecule has 19 nitrogen and oxygen atoms in total. The highest BCUT2D eigenvalue weighted by Crippen LogP contribution is 2.43. The molecule has 1 aliphatic heterocycles. The average molecular weight is 945 g/mol. The van der Waals surface area contributed by atoms with Gasteiger partial charge in [-0.05, 0) is 88.2 Å². The van der Waals surface area contributed by atoms with Crippen LogP contribution in [0, 0.1) is 0 Å². The van der Waals surface area contributed by atoms with Gasteiger partial charge in [-0.3, -0.25) is 13.7 Å². The van der Waals surface area contributed by atoms with Gasteiger partial charge in [-0.2, -0.15) is 35.2 Å². The molecule has 23 heteroatoms. The monoisotopic (exact) mass is 944 g/mol. The largest absolute Gasteiger partial charge is 0.456 e. The third kappa shape index (κ3) is 10.5. The number of nitrogens with two attached hydrogens (primary N) is 1. The molecule has 0 spiro atoms. The molecule has 0 radical (unpaired) electrons. The van der Waals surface area contributed by atoms with Crippen LogP contribution in [-0.2, 0) is 53.2 Å². The number of aryl methyl sites for hydroxylation is 1. The van der Waals surface area contributed by atoms with Crippen molar-refractivity contribution >= 4 is 63.0 Å². The fraction of sp³-hybridized carbons (Fsp3) is 0.300. The lowest BCUT2D eigenvalue weighted by Crippen LogP contribution is -2.29. The number of nitrogens with zero attached hydrogens (tertiary/aromatic N) is 5. The van der Waals surface area contributed by atoms with Crippen LogP contribution >= 0.6 is 0 Å². The lowest BCUT2D eigenvalue weighted by atomic mass is 9.93. The maximum absolute atomic E-state index is 13.6. The molecule has 2 aliphatic rings. The fourth-order valence-electron chi connectivity index (χ4n) is 7.31. The first-order chi connectivity index (χ1) is 29.6. The SMILES string of the molecule is CCN(CC)c1ccc2c(-c3ccc(S(=O)(=O)NCCCc4nc(N)nc(Cc5cc(S(=O)(=O)O)ccc5S(=O)(=O)O)n4)cc3S(=O)(=O)O)c3ccc(=[N+](CC)CC)cc-3oc2c1. The summed E-state index contributed by atoms with van der Waals surface area (Å²) in [5, 5.41) is 1.40. The number of hydrogen-bond donors (Lipinski definition) is 5. The van der Waals surface area contributed by atoms with E-state index in [1.165, 1.54) is 12.1 Å². The molecule has 1 aromatic heterocycles. The van der Waals surface area contributed by atoms with Gasteiger partial charge < -0.3 is 15.1 Å². The second kappa shape index (κ2) is 18.4. The van der Waals surface area contributed by atoms with Crippen molar-refractivity contribution in [3.8, 4) is 22.5 Å². The van der Waals surface area contributed by atoms with E-state index in [9.17, 15) is 47.3 Å². The molecule has 4 aromatic rings. The zero-order valence-corrected chi connectivity index (χ0v) is 37.8. The molecule has 6 N–H and O–H groups in total. The Bertz CT molecular complexity index is 3220. The highest BCUT2D eigenvalue weighted by Gasteiger charge is 2.28. The van der Waals surface area contributed by atoms with Crippen LogP contribution in [0.1, 0.15) is 51.3 Å². The van der Waals surface area contributed by atoms with E-state index in [1.54, 1.807) is 12.1 Å². The number of fused-ring (bicyclic) bond motifs is 2. The number of rotatable bonds is 17. The van der Waals surface area contributed by atoms with Gasteiger partial charge in [0.05, 0.1) is 20.8 Å². The van der Waals surface area contributed by atoms with Crippen molar-refractivity contribution in [1.82, 2.24) is 24.2 Å². The summed E-state index contributed by atoms with van der Waals surface area (Å²) in [6.07, 6.45) is -0.399. The number of sulfonamides is 1. The predicted octanol–water partition coefficient (Wildman–Crippen LogP) is 3.87.